The number of hydrogen-bond donors (Lipinski definition) is 3. The Morgan fingerprint density at radius 2 is 1.79 bits per heavy atom. The van der Waals surface area contributed by atoms with Gasteiger partial charge in [-0.3, -0.25) is 14.7 Å². The minimum atomic E-state index is -0.104. The highest BCUT2D eigenvalue weighted by molar-refractivity contribution is 5.90. The van der Waals surface area contributed by atoms with E-state index in [2.05, 4.69) is 61.2 Å². The Hall–Kier alpha value is -4.30. The van der Waals surface area contributed by atoms with E-state index in [9.17, 15) is 4.79 Å². The van der Waals surface area contributed by atoms with Crippen LogP contribution in [0.4, 0.5) is 17.5 Å². The zero-order valence-electron chi connectivity index (χ0n) is 21.6. The first-order chi connectivity index (χ1) is 18.6. The van der Waals surface area contributed by atoms with E-state index in [-0.39, 0.29) is 5.91 Å². The third kappa shape index (κ3) is 6.92. The molecule has 0 aliphatic carbocycles. The van der Waals surface area contributed by atoms with Gasteiger partial charge in [-0.15, -0.1) is 0 Å². The zero-order valence-corrected chi connectivity index (χ0v) is 21.6. The van der Waals surface area contributed by atoms with Gasteiger partial charge in [-0.2, -0.15) is 4.98 Å². The smallest absolute Gasteiger partial charge is 0.224 e. The van der Waals surface area contributed by atoms with Gasteiger partial charge in [-0.25, -0.2) is 4.98 Å². The predicted molar refractivity (Wildman–Crippen MR) is 152 cm³/mol. The lowest BCUT2D eigenvalue weighted by Crippen LogP contribution is -2.38. The lowest BCUT2D eigenvalue weighted by molar-refractivity contribution is -0.114. The first kappa shape index (κ1) is 25.4. The Morgan fingerprint density at radius 1 is 0.974 bits per heavy atom. The fourth-order valence-electron chi connectivity index (χ4n) is 4.70. The molecule has 0 unspecified atom stereocenters. The van der Waals surface area contributed by atoms with Crippen molar-refractivity contribution in [3.8, 4) is 11.1 Å². The van der Waals surface area contributed by atoms with E-state index < -0.39 is 0 Å². The number of likely N-dealkylation sites (tertiary alicyclic amines) is 1. The van der Waals surface area contributed by atoms with Crippen molar-refractivity contribution in [3.05, 3.63) is 96.4 Å². The summed E-state index contributed by atoms with van der Waals surface area (Å²) in [6, 6.07) is 24.5. The minimum Gasteiger partial charge on any atom is -0.367 e. The molecule has 3 N–H and O–H groups in total. The van der Waals surface area contributed by atoms with E-state index >= 15 is 0 Å². The van der Waals surface area contributed by atoms with E-state index in [0.717, 1.165) is 60.8 Å². The molecule has 0 saturated carbocycles. The minimum absolute atomic E-state index is 0.104. The van der Waals surface area contributed by atoms with Crippen LogP contribution in [-0.4, -0.2) is 44.9 Å². The highest BCUT2D eigenvalue weighted by atomic mass is 16.1. The molecule has 3 heterocycles. The molecule has 0 radical (unpaired) electrons. The Morgan fingerprint density at radius 3 is 2.55 bits per heavy atom. The Labute approximate surface area is 223 Å². The summed E-state index contributed by atoms with van der Waals surface area (Å²) >= 11 is 0. The van der Waals surface area contributed by atoms with Crippen LogP contribution in [0.3, 0.4) is 0 Å². The lowest BCUT2D eigenvalue weighted by Gasteiger charge is -2.33. The summed E-state index contributed by atoms with van der Waals surface area (Å²) in [5.74, 6) is 1.22. The van der Waals surface area contributed by atoms with Crippen molar-refractivity contribution in [2.45, 2.75) is 38.9 Å². The number of carbonyl (C=O) groups excluding carboxylic acids is 1. The van der Waals surface area contributed by atoms with Gasteiger partial charge in [-0.05, 0) is 48.2 Å². The molecule has 5 rings (SSSR count). The van der Waals surface area contributed by atoms with Crippen LogP contribution in [0.25, 0.3) is 11.1 Å². The number of carbonyl (C=O) groups is 1. The average molecular weight is 508 g/mol. The van der Waals surface area contributed by atoms with Crippen molar-refractivity contribution in [1.29, 1.82) is 0 Å². The van der Waals surface area contributed by atoms with Crippen LogP contribution in [0, 0.1) is 0 Å². The third-order valence-electron chi connectivity index (χ3n) is 6.61. The van der Waals surface area contributed by atoms with Gasteiger partial charge >= 0.3 is 0 Å². The zero-order chi connectivity index (χ0) is 26.2. The number of hydrogen-bond acceptors (Lipinski definition) is 7. The van der Waals surface area contributed by atoms with Gasteiger partial charge in [0.1, 0.15) is 5.82 Å². The standard InChI is InChI=1S/C30H33N7O/c1-22(38)34-26-12-7-10-24(18-26)28-20-33-30(32-19-27-11-5-6-15-31-27)36-29(28)35-25-13-16-37(17-14-25)21-23-8-3-2-4-9-23/h2-12,15,18,20,25H,13-14,16-17,19,21H2,1H3,(H,34,38)(H2,32,33,35,36). The number of rotatable bonds is 9. The summed E-state index contributed by atoms with van der Waals surface area (Å²) in [6.07, 6.45) is 5.67. The van der Waals surface area contributed by atoms with E-state index in [1.807, 2.05) is 48.7 Å². The number of pyridine rings is 1. The highest BCUT2D eigenvalue weighted by Gasteiger charge is 2.21. The summed E-state index contributed by atoms with van der Waals surface area (Å²) in [5.41, 5.74) is 4.85. The van der Waals surface area contributed by atoms with E-state index in [0.29, 0.717) is 18.5 Å². The monoisotopic (exact) mass is 507 g/mol. The first-order valence-corrected chi connectivity index (χ1v) is 13.0. The largest absolute Gasteiger partial charge is 0.367 e. The predicted octanol–water partition coefficient (Wildman–Crippen LogP) is 5.19. The van der Waals surface area contributed by atoms with E-state index in [1.165, 1.54) is 12.5 Å². The molecule has 1 aliphatic rings. The first-order valence-electron chi connectivity index (χ1n) is 13.0. The Bertz CT molecular complexity index is 1340. The average Bonchev–Trinajstić information content (AvgIpc) is 2.94. The fourth-order valence-corrected chi connectivity index (χ4v) is 4.70. The van der Waals surface area contributed by atoms with Crippen LogP contribution in [0.15, 0.2) is 85.2 Å². The van der Waals surface area contributed by atoms with E-state index in [1.54, 1.807) is 6.20 Å². The van der Waals surface area contributed by atoms with Gasteiger partial charge < -0.3 is 16.0 Å². The number of amides is 1. The maximum Gasteiger partial charge on any atom is 0.224 e. The van der Waals surface area contributed by atoms with Gasteiger partial charge in [0.05, 0.1) is 12.2 Å². The number of piperidine rings is 1. The van der Waals surface area contributed by atoms with Crippen molar-refractivity contribution in [3.63, 3.8) is 0 Å². The van der Waals surface area contributed by atoms with Crippen molar-refractivity contribution in [1.82, 2.24) is 19.9 Å². The topological polar surface area (TPSA) is 95.1 Å². The van der Waals surface area contributed by atoms with Crippen LogP contribution < -0.4 is 16.0 Å². The summed E-state index contributed by atoms with van der Waals surface area (Å²) in [4.78, 5) is 27.9. The number of anilines is 3. The van der Waals surface area contributed by atoms with Gasteiger partial charge in [0, 0.05) is 56.2 Å². The molecule has 0 bridgehead atoms. The molecular formula is C30H33N7O. The molecule has 8 heteroatoms. The second-order valence-electron chi connectivity index (χ2n) is 9.57. The van der Waals surface area contributed by atoms with Crippen molar-refractivity contribution >= 4 is 23.4 Å². The second-order valence-corrected chi connectivity index (χ2v) is 9.57. The van der Waals surface area contributed by atoms with Gasteiger partial charge in [0.25, 0.3) is 0 Å². The third-order valence-corrected chi connectivity index (χ3v) is 6.61. The van der Waals surface area contributed by atoms with Crippen molar-refractivity contribution < 1.29 is 4.79 Å². The molecular weight excluding hydrogens is 474 g/mol. The van der Waals surface area contributed by atoms with Crippen LogP contribution >= 0.6 is 0 Å². The molecule has 1 amide bonds. The summed E-state index contributed by atoms with van der Waals surface area (Å²) in [6.45, 7) is 5.07. The lowest BCUT2D eigenvalue weighted by atomic mass is 10.0. The molecule has 38 heavy (non-hydrogen) atoms. The molecule has 2 aromatic heterocycles. The molecule has 1 fully saturated rings. The molecule has 1 aliphatic heterocycles. The normalized spacial score (nSPS) is 14.1. The number of nitrogens with one attached hydrogen (secondary N) is 3. The maximum absolute atomic E-state index is 11.6. The molecule has 194 valence electrons. The van der Waals surface area contributed by atoms with Crippen molar-refractivity contribution in [2.24, 2.45) is 0 Å². The summed E-state index contributed by atoms with van der Waals surface area (Å²) in [5, 5.41) is 9.88. The highest BCUT2D eigenvalue weighted by Crippen LogP contribution is 2.30. The van der Waals surface area contributed by atoms with Crippen LogP contribution in [0.1, 0.15) is 31.0 Å². The van der Waals surface area contributed by atoms with Crippen LogP contribution in [-0.2, 0) is 17.9 Å². The summed E-state index contributed by atoms with van der Waals surface area (Å²) in [7, 11) is 0. The maximum atomic E-state index is 11.6. The molecule has 4 aromatic rings. The molecule has 0 atom stereocenters. The molecule has 1 saturated heterocycles. The van der Waals surface area contributed by atoms with Gasteiger partial charge in [0.2, 0.25) is 11.9 Å². The Balaban J connectivity index is 1.32. The molecule has 0 spiro atoms. The summed E-state index contributed by atoms with van der Waals surface area (Å²) < 4.78 is 0. The number of benzene rings is 2. The quantitative estimate of drug-likeness (QED) is 0.287. The van der Waals surface area contributed by atoms with Crippen molar-refractivity contribution in [2.75, 3.05) is 29.0 Å². The second kappa shape index (κ2) is 12.3. The molecule has 8 nitrogen and oxygen atoms in total. The SMILES string of the molecule is CC(=O)Nc1cccc(-c2cnc(NCc3ccccn3)nc2NC2CCN(Cc3ccccc3)CC2)c1. The van der Waals surface area contributed by atoms with Gasteiger partial charge in [-0.1, -0.05) is 48.5 Å². The number of nitrogens with zero attached hydrogens (tertiary/aromatic N) is 4. The number of aromatic nitrogens is 3. The molecule has 2 aromatic carbocycles. The van der Waals surface area contributed by atoms with E-state index in [4.69, 9.17) is 4.98 Å². The van der Waals surface area contributed by atoms with Crippen LogP contribution in [0.5, 0.6) is 0 Å². The Kier molecular flexibility index (Phi) is 8.20. The fraction of sp³-hybridized carbons (Fsp3) is 0.267. The van der Waals surface area contributed by atoms with Gasteiger partial charge in [0.15, 0.2) is 0 Å². The van der Waals surface area contributed by atoms with Crippen LogP contribution in [0.2, 0.25) is 0 Å².